The van der Waals surface area contributed by atoms with Gasteiger partial charge in [0.1, 0.15) is 0 Å². The molecule has 104 valence electrons. The van der Waals surface area contributed by atoms with Crippen LogP contribution in [0, 0.1) is 12.8 Å². The summed E-state index contributed by atoms with van der Waals surface area (Å²) in [6, 6.07) is 17.9. The van der Waals surface area contributed by atoms with Crippen LogP contribution in [0.5, 0.6) is 0 Å². The number of fused-ring (bicyclic) bond motifs is 1. The molecule has 2 aromatic carbocycles. The van der Waals surface area contributed by atoms with E-state index in [0.29, 0.717) is 10.7 Å². The summed E-state index contributed by atoms with van der Waals surface area (Å²) in [6.07, 6.45) is 5.00. The molecule has 2 atom stereocenters. The van der Waals surface area contributed by atoms with Crippen LogP contribution in [0.1, 0.15) is 39.9 Å². The first-order valence-corrected chi connectivity index (χ1v) is 8.43. The fourth-order valence-corrected chi connectivity index (χ4v) is 4.12. The molecule has 0 saturated carbocycles. The van der Waals surface area contributed by atoms with Crippen molar-refractivity contribution < 1.29 is 0 Å². The van der Waals surface area contributed by atoms with E-state index < -0.39 is 0 Å². The largest absolute Gasteiger partial charge is 0.0836 e. The van der Waals surface area contributed by atoms with Gasteiger partial charge in [-0.15, -0.1) is 0 Å². The summed E-state index contributed by atoms with van der Waals surface area (Å²) >= 11 is 3.98. The van der Waals surface area contributed by atoms with Crippen molar-refractivity contribution in [2.75, 3.05) is 0 Å². The zero-order valence-electron chi connectivity index (χ0n) is 12.0. The summed E-state index contributed by atoms with van der Waals surface area (Å²) in [5.74, 6) is 0.696. The highest BCUT2D eigenvalue weighted by Crippen LogP contribution is 2.40. The lowest BCUT2D eigenvalue weighted by Crippen LogP contribution is -2.10. The molecule has 0 nitrogen and oxygen atoms in total. The SMILES string of the molecule is Cc1ccc(CC2CCCc3ccccc3C2Br)cc1. The van der Waals surface area contributed by atoms with Crippen molar-refractivity contribution in [1.29, 1.82) is 0 Å². The van der Waals surface area contributed by atoms with Crippen LogP contribution >= 0.6 is 15.9 Å². The molecule has 0 bridgehead atoms. The first-order chi connectivity index (χ1) is 9.74. The van der Waals surface area contributed by atoms with E-state index in [4.69, 9.17) is 0 Å². The van der Waals surface area contributed by atoms with Gasteiger partial charge in [-0.3, -0.25) is 0 Å². The van der Waals surface area contributed by atoms with Crippen LogP contribution in [0.15, 0.2) is 48.5 Å². The number of aryl methyl sites for hydroxylation is 2. The fourth-order valence-electron chi connectivity index (χ4n) is 3.22. The van der Waals surface area contributed by atoms with E-state index in [1.807, 2.05) is 0 Å². The molecule has 1 heteroatoms. The van der Waals surface area contributed by atoms with Gasteiger partial charge in [-0.1, -0.05) is 70.0 Å². The number of alkyl halides is 1. The first kappa shape index (κ1) is 13.9. The molecule has 0 fully saturated rings. The minimum Gasteiger partial charge on any atom is -0.0836 e. The van der Waals surface area contributed by atoms with Gasteiger partial charge in [0.25, 0.3) is 0 Å². The summed E-state index contributed by atoms with van der Waals surface area (Å²) < 4.78 is 0. The molecule has 0 N–H and O–H groups in total. The highest BCUT2D eigenvalue weighted by Gasteiger charge is 2.25. The molecule has 0 spiro atoms. The molecule has 0 saturated heterocycles. The van der Waals surface area contributed by atoms with E-state index in [9.17, 15) is 0 Å². The zero-order valence-corrected chi connectivity index (χ0v) is 13.6. The molecule has 0 amide bonds. The summed E-state index contributed by atoms with van der Waals surface area (Å²) in [6.45, 7) is 2.15. The van der Waals surface area contributed by atoms with Crippen molar-refractivity contribution >= 4 is 15.9 Å². The zero-order chi connectivity index (χ0) is 13.9. The summed E-state index contributed by atoms with van der Waals surface area (Å²) in [7, 11) is 0. The van der Waals surface area contributed by atoms with Crippen molar-refractivity contribution in [3.63, 3.8) is 0 Å². The van der Waals surface area contributed by atoms with E-state index in [0.717, 1.165) is 0 Å². The molecular formula is C19H21Br. The second-order valence-electron chi connectivity index (χ2n) is 5.94. The standard InChI is InChI=1S/C19H21Br/c1-14-9-11-15(12-10-14)13-17-7-4-6-16-5-2-3-8-18(16)19(17)20/h2-3,5,8-12,17,19H,4,6-7,13H2,1H3. The van der Waals surface area contributed by atoms with Crippen LogP contribution in [0.3, 0.4) is 0 Å². The third kappa shape index (κ3) is 2.98. The minimum absolute atomic E-state index is 0.488. The number of hydrogen-bond acceptors (Lipinski definition) is 0. The quantitative estimate of drug-likeness (QED) is 0.495. The molecule has 3 rings (SSSR count). The second-order valence-corrected chi connectivity index (χ2v) is 6.93. The van der Waals surface area contributed by atoms with E-state index >= 15 is 0 Å². The molecule has 1 aliphatic rings. The maximum atomic E-state index is 3.98. The predicted molar refractivity (Wildman–Crippen MR) is 89.4 cm³/mol. The van der Waals surface area contributed by atoms with Crippen molar-refractivity contribution in [3.8, 4) is 0 Å². The monoisotopic (exact) mass is 328 g/mol. The van der Waals surface area contributed by atoms with Gasteiger partial charge in [0.05, 0.1) is 0 Å². The highest BCUT2D eigenvalue weighted by atomic mass is 79.9. The molecule has 0 aromatic heterocycles. The lowest BCUT2D eigenvalue weighted by Gasteiger charge is -2.21. The Hall–Kier alpha value is -1.08. The van der Waals surface area contributed by atoms with Crippen LogP contribution in [0.4, 0.5) is 0 Å². The van der Waals surface area contributed by atoms with Gasteiger partial charge < -0.3 is 0 Å². The van der Waals surface area contributed by atoms with Gasteiger partial charge >= 0.3 is 0 Å². The Balaban J connectivity index is 1.82. The van der Waals surface area contributed by atoms with E-state index in [1.165, 1.54) is 47.9 Å². The Kier molecular flexibility index (Phi) is 4.26. The van der Waals surface area contributed by atoms with Crippen LogP contribution < -0.4 is 0 Å². The van der Waals surface area contributed by atoms with Crippen LogP contribution in [-0.2, 0) is 12.8 Å². The molecule has 1 aliphatic carbocycles. The van der Waals surface area contributed by atoms with Crippen molar-refractivity contribution in [2.24, 2.45) is 5.92 Å². The Bertz CT molecular complexity index is 571. The maximum absolute atomic E-state index is 3.98. The molecule has 0 radical (unpaired) electrons. The molecular weight excluding hydrogens is 308 g/mol. The van der Waals surface area contributed by atoms with E-state index in [-0.39, 0.29) is 0 Å². The minimum atomic E-state index is 0.488. The molecule has 2 aromatic rings. The normalized spacial score (nSPS) is 22.1. The van der Waals surface area contributed by atoms with Gasteiger partial charge in [-0.2, -0.15) is 0 Å². The summed E-state index contributed by atoms with van der Waals surface area (Å²) in [5, 5.41) is 0. The highest BCUT2D eigenvalue weighted by molar-refractivity contribution is 9.09. The van der Waals surface area contributed by atoms with Crippen LogP contribution in [0.2, 0.25) is 0 Å². The van der Waals surface area contributed by atoms with E-state index in [2.05, 4.69) is 71.4 Å². The Labute approximate surface area is 130 Å². The lowest BCUT2D eigenvalue weighted by molar-refractivity contribution is 0.475. The summed E-state index contributed by atoms with van der Waals surface area (Å²) in [4.78, 5) is 0.488. The van der Waals surface area contributed by atoms with Gasteiger partial charge in [0.2, 0.25) is 0 Å². The maximum Gasteiger partial charge on any atom is 0.0429 e. The Morgan fingerprint density at radius 1 is 1.05 bits per heavy atom. The van der Waals surface area contributed by atoms with E-state index in [1.54, 1.807) is 0 Å². The number of halogens is 1. The van der Waals surface area contributed by atoms with Crippen molar-refractivity contribution in [1.82, 2.24) is 0 Å². The Morgan fingerprint density at radius 2 is 1.80 bits per heavy atom. The summed E-state index contributed by atoms with van der Waals surface area (Å²) in [5.41, 5.74) is 5.84. The average Bonchev–Trinajstić information content (AvgIpc) is 2.62. The van der Waals surface area contributed by atoms with Gasteiger partial charge in [-0.05, 0) is 55.2 Å². The topological polar surface area (TPSA) is 0 Å². The van der Waals surface area contributed by atoms with Crippen molar-refractivity contribution in [3.05, 3.63) is 70.8 Å². The number of benzene rings is 2. The van der Waals surface area contributed by atoms with Crippen molar-refractivity contribution in [2.45, 2.75) is 37.4 Å². The van der Waals surface area contributed by atoms with Gasteiger partial charge in [0, 0.05) is 4.83 Å². The molecule has 2 unspecified atom stereocenters. The molecule has 0 heterocycles. The fraction of sp³-hybridized carbons (Fsp3) is 0.368. The first-order valence-electron chi connectivity index (χ1n) is 7.51. The Morgan fingerprint density at radius 3 is 2.60 bits per heavy atom. The molecule has 20 heavy (non-hydrogen) atoms. The van der Waals surface area contributed by atoms with Crippen LogP contribution in [-0.4, -0.2) is 0 Å². The molecule has 0 aliphatic heterocycles. The average molecular weight is 329 g/mol. The lowest BCUT2D eigenvalue weighted by atomic mass is 9.90. The predicted octanol–water partition coefficient (Wildman–Crippen LogP) is 5.63. The van der Waals surface area contributed by atoms with Gasteiger partial charge in [-0.25, -0.2) is 0 Å². The third-order valence-corrected chi connectivity index (χ3v) is 5.65. The number of hydrogen-bond donors (Lipinski definition) is 0. The van der Waals surface area contributed by atoms with Crippen LogP contribution in [0.25, 0.3) is 0 Å². The second kappa shape index (κ2) is 6.13. The number of rotatable bonds is 2. The van der Waals surface area contributed by atoms with Gasteiger partial charge in [0.15, 0.2) is 0 Å². The smallest absolute Gasteiger partial charge is 0.0429 e. The third-order valence-electron chi connectivity index (χ3n) is 4.41.